The number of carboxylic acid groups (broad SMARTS) is 1. The van der Waals surface area contributed by atoms with Crippen molar-refractivity contribution in [2.45, 2.75) is 195 Å². The van der Waals surface area contributed by atoms with Crippen LogP contribution in [-0.2, 0) is 97.5 Å². The summed E-state index contributed by atoms with van der Waals surface area (Å²) >= 11 is 25.6. The Bertz CT molecular complexity index is 5300. The van der Waals surface area contributed by atoms with Gasteiger partial charge < -0.3 is 64.6 Å². The number of benzene rings is 5. The number of carbonyl (C=O) groups is 7. The number of pyridine rings is 3. The van der Waals surface area contributed by atoms with Crippen molar-refractivity contribution < 1.29 is 71.8 Å². The van der Waals surface area contributed by atoms with Gasteiger partial charge in [-0.2, -0.15) is 40.5 Å². The molecule has 0 bridgehead atoms. The van der Waals surface area contributed by atoms with Gasteiger partial charge in [-0.05, 0) is 250 Å². The van der Waals surface area contributed by atoms with Crippen LogP contribution in [-0.4, -0.2) is 158 Å². The molecule has 129 heavy (non-hydrogen) atoms. The number of fused-ring (bicyclic) bond motifs is 3. The number of aromatic nitrogens is 7. The van der Waals surface area contributed by atoms with E-state index in [1.807, 2.05) is 108 Å². The molecule has 0 fully saturated rings. The highest BCUT2D eigenvalue weighted by Crippen LogP contribution is 2.35. The van der Waals surface area contributed by atoms with Crippen LogP contribution < -0.4 is 40.4 Å². The van der Waals surface area contributed by atoms with Gasteiger partial charge in [-0.1, -0.05) is 116 Å². The number of nitrogens with one attached hydrogen (secondary N) is 4. The number of hydrogen-bond donors (Lipinski definition) is 6. The highest BCUT2D eigenvalue weighted by molar-refractivity contribution is 7.59. The Balaban J connectivity index is 0.000000297. The molecule has 7 heterocycles. The number of carboxylic acids is 1. The Morgan fingerprint density at radius 1 is 0.473 bits per heavy atom. The van der Waals surface area contributed by atoms with E-state index in [-0.39, 0.29) is 112 Å². The molecule has 0 radical (unpaired) electrons. The summed E-state index contributed by atoms with van der Waals surface area (Å²) in [6.45, 7) is 13.9. The van der Waals surface area contributed by atoms with E-state index in [4.69, 9.17) is 95.5 Å². The molecule has 13 rings (SSSR count). The molecule has 1 aliphatic carbocycles. The number of amides is 4. The molecule has 3 atom stereocenters. The normalized spacial score (nSPS) is 13.0. The number of halogens is 4. The summed E-state index contributed by atoms with van der Waals surface area (Å²) in [7, 11) is 2.59. The number of aryl methyl sites for hydroxylation is 7. The second-order valence-electron chi connectivity index (χ2n) is 32.2. The number of carbonyl (C=O) groups excluding carboxylic acids is 6. The van der Waals surface area contributed by atoms with Gasteiger partial charge in [0.05, 0.1) is 102 Å². The minimum absolute atomic E-state index is 0. The summed E-state index contributed by atoms with van der Waals surface area (Å²) in [6, 6.07) is 38.0. The van der Waals surface area contributed by atoms with Gasteiger partial charge in [0.1, 0.15) is 58.2 Å². The van der Waals surface area contributed by atoms with Gasteiger partial charge >= 0.3 is 30.1 Å². The summed E-state index contributed by atoms with van der Waals surface area (Å²) < 4.78 is 38.5. The minimum atomic E-state index is -1.18. The van der Waals surface area contributed by atoms with Crippen LogP contribution >= 0.6 is 86.9 Å². The first kappa shape index (κ1) is 107. The third-order valence-electron chi connectivity index (χ3n) is 20.4. The molecule has 694 valence electrons. The fourth-order valence-electron chi connectivity index (χ4n) is 14.2. The maximum atomic E-state index is 13.2. The Labute approximate surface area is 795 Å². The van der Waals surface area contributed by atoms with Crippen molar-refractivity contribution in [2.24, 2.45) is 5.73 Å². The molecule has 2 aliphatic heterocycles. The van der Waals surface area contributed by atoms with E-state index in [1.54, 1.807) is 70.7 Å². The van der Waals surface area contributed by atoms with Crippen molar-refractivity contribution in [3.05, 3.63) is 246 Å². The van der Waals surface area contributed by atoms with Crippen molar-refractivity contribution >= 4 is 140 Å². The van der Waals surface area contributed by atoms with E-state index in [2.05, 4.69) is 53.5 Å². The zero-order valence-electron chi connectivity index (χ0n) is 72.2. The number of aromatic amines is 2. The number of nitrogens with zero attached hydrogens (tertiary/aromatic N) is 7. The topological polar surface area (TPSA) is 357 Å². The number of hydrogen-bond acceptors (Lipinski definition) is 20. The second kappa shape index (κ2) is 51.1. The number of H-pyrrole nitrogens is 2. The third-order valence-corrected chi connectivity index (χ3v) is 21.5. The van der Waals surface area contributed by atoms with Crippen LogP contribution in [0.15, 0.2) is 159 Å². The number of esters is 2. The fraction of sp³-hybridized carbons (Fsp3) is 0.389. The van der Waals surface area contributed by atoms with E-state index in [0.717, 1.165) is 115 Å². The number of ether oxygens (including phenoxy) is 7. The molecule has 10 aromatic rings. The van der Waals surface area contributed by atoms with E-state index < -0.39 is 59.0 Å². The van der Waals surface area contributed by atoms with Crippen LogP contribution in [0, 0.1) is 0 Å². The highest BCUT2D eigenvalue weighted by atomic mass is 35.5. The van der Waals surface area contributed by atoms with Gasteiger partial charge in [-0.15, -0.1) is 0 Å². The maximum Gasteiger partial charge on any atom is 0.416 e. The number of methoxy groups -OCH3 is 2. The van der Waals surface area contributed by atoms with Gasteiger partial charge in [0.2, 0.25) is 0 Å². The number of nitrogens with two attached hydrogens (primary N) is 1. The van der Waals surface area contributed by atoms with Crippen molar-refractivity contribution in [1.29, 1.82) is 0 Å². The van der Waals surface area contributed by atoms with E-state index in [0.29, 0.717) is 97.8 Å². The molecule has 34 heteroatoms. The maximum absolute atomic E-state index is 13.2. The number of imidazole rings is 2. The standard InChI is InChI=1S/C36H39Cl2N5O6.C31H30Cl2N4O4.C26H35N3O5.2CH4.3H2S/c1-36(2,3)49-35(46)43-15-5-7-23-11-12-25(41-32(23)43)8-6-16-48-26-13-9-22(10-14-26)17-29(34(45)47-4)42-33(44)31-27(37)18-24(19-28(31)38)30-20-39-21-40-30;32-24-15-21(28-17-34-18-35-28)16-25(33)29(24)30(38)37-27(31(39)40)14-19-7-11-23(12-8-19)41-13-3-5-22-10-9-20-4-1-2-6-26(20)36-22;1-26(2,3)34-25(31)29-15-5-7-19-11-12-20(28-23(19)29)8-6-16-33-21-13-9-18(10-14-21)17-22(27)24(30)32-4;;;;;/h9-14,18-21,29H,5-8,15-17H2,1-4H3,(H,39,40)(H,42,44);7-12,15-18,27H,1-6,13-14H2,(H,34,35)(H,37,38)(H,39,40);9-14,22H,5-8,15-17,27H2,1-4H3;2*1H4;3*1H2/t29-;27-;22-;;;;;/m000...../s1. The number of aliphatic carboxylic acids is 1. The predicted molar refractivity (Wildman–Crippen MR) is 520 cm³/mol. The van der Waals surface area contributed by atoms with Gasteiger partial charge in [-0.25, -0.2) is 39.1 Å². The summed E-state index contributed by atoms with van der Waals surface area (Å²) in [6.07, 6.45) is 19.0. The molecule has 0 saturated heterocycles. The zero-order chi connectivity index (χ0) is 88.6. The van der Waals surface area contributed by atoms with Crippen LogP contribution in [0.5, 0.6) is 17.2 Å². The van der Waals surface area contributed by atoms with E-state index in [9.17, 15) is 38.7 Å². The van der Waals surface area contributed by atoms with E-state index >= 15 is 0 Å². The molecule has 0 saturated carbocycles. The van der Waals surface area contributed by atoms with Crippen LogP contribution in [0.25, 0.3) is 22.5 Å². The lowest BCUT2D eigenvalue weighted by atomic mass is 9.95. The Morgan fingerprint density at radius 2 is 0.829 bits per heavy atom. The van der Waals surface area contributed by atoms with Gasteiger partial charge in [0.15, 0.2) is 0 Å². The molecule has 3 aliphatic rings. The highest BCUT2D eigenvalue weighted by Gasteiger charge is 2.33. The second-order valence-corrected chi connectivity index (χ2v) is 33.8. The van der Waals surface area contributed by atoms with Crippen LogP contribution in [0.4, 0.5) is 21.2 Å². The lowest BCUT2D eigenvalue weighted by molar-refractivity contribution is -0.143. The average molecular weight is 1910 g/mol. The Morgan fingerprint density at radius 3 is 1.20 bits per heavy atom. The van der Waals surface area contributed by atoms with E-state index in [1.165, 1.54) is 51.0 Å². The quantitative estimate of drug-likeness (QED) is 0.0138. The first-order valence-corrected chi connectivity index (χ1v) is 42.8. The smallest absolute Gasteiger partial charge is 0.416 e. The van der Waals surface area contributed by atoms with Crippen LogP contribution in [0.3, 0.4) is 0 Å². The molecule has 4 amide bonds. The average Bonchev–Trinajstić information content (AvgIpc) is 1.75. The van der Waals surface area contributed by atoms with Gasteiger partial charge in [0.25, 0.3) is 11.8 Å². The van der Waals surface area contributed by atoms with Crippen molar-refractivity contribution in [1.82, 2.24) is 45.5 Å². The summed E-state index contributed by atoms with van der Waals surface area (Å²) in [5.41, 5.74) is 17.5. The van der Waals surface area contributed by atoms with Crippen molar-refractivity contribution in [3.8, 4) is 39.8 Å². The molecule has 5 aromatic carbocycles. The summed E-state index contributed by atoms with van der Waals surface area (Å²) in [5.74, 6) is 0.00670. The fourth-order valence-corrected chi connectivity index (χ4v) is 15.5. The van der Waals surface area contributed by atoms with Gasteiger partial charge in [-0.3, -0.25) is 29.2 Å². The first-order valence-electron chi connectivity index (χ1n) is 41.3. The number of rotatable bonds is 30. The molecule has 0 unspecified atom stereocenters. The summed E-state index contributed by atoms with van der Waals surface area (Å²) in [4.78, 5) is 119. The lowest BCUT2D eigenvalue weighted by Crippen LogP contribution is -2.43. The first-order chi connectivity index (χ1) is 59.4. The molecular weight excluding hydrogens is 1790 g/mol. The Hall–Kier alpha value is -10.6. The molecule has 0 spiro atoms. The SMILES string of the molecule is C.C.COC(=O)[C@@H](N)Cc1ccc(OCCCc2ccc3c(n2)N(C(=O)OC(C)(C)C)CCC3)cc1.COC(=O)[C@H](Cc1ccc(OCCCc2ccc3c(n2)N(C(=O)OC(C)(C)C)CCC3)cc1)NC(=O)c1c(Cl)cc(-c2cnc[nH]2)cc1Cl.O=C(N[C@@H](Cc1ccc(OCCCc2ccc3c(n2)CCCC3)cc1)C(=O)O)c1c(Cl)cc(-c2cnc[nH]2)cc1Cl.S.S.S. The Kier molecular flexibility index (Phi) is 42.5. The predicted octanol–water partition coefficient (Wildman–Crippen LogP) is 18.5. The van der Waals surface area contributed by atoms with Gasteiger partial charge in [0, 0.05) is 59.8 Å². The molecule has 5 aromatic heterocycles. The number of anilines is 2. The minimum Gasteiger partial charge on any atom is -0.494 e. The van der Waals surface area contributed by atoms with Crippen molar-refractivity contribution in [3.63, 3.8) is 0 Å². The largest absolute Gasteiger partial charge is 0.494 e. The zero-order valence-corrected chi connectivity index (χ0v) is 78.2. The molecular formula is C95H118Cl4N12O15S3. The molecule has 7 N–H and O–H groups in total. The third kappa shape index (κ3) is 31.6. The monoisotopic (exact) mass is 1900 g/mol. The van der Waals surface area contributed by atoms with Crippen molar-refractivity contribution in [2.75, 3.05) is 56.9 Å². The lowest BCUT2D eigenvalue weighted by Gasteiger charge is -2.31. The summed E-state index contributed by atoms with van der Waals surface area (Å²) in [5, 5.41) is 15.5. The van der Waals surface area contributed by atoms with Crippen LogP contribution in [0.2, 0.25) is 20.1 Å². The molecule has 27 nitrogen and oxygen atoms in total. The van der Waals surface area contributed by atoms with Crippen LogP contribution in [0.1, 0.15) is 178 Å².